The Labute approximate surface area is 103 Å². The van der Waals surface area contributed by atoms with Gasteiger partial charge in [-0.1, -0.05) is 6.07 Å². The molecule has 0 aliphatic heterocycles. The first-order valence-electron chi connectivity index (χ1n) is 5.65. The number of fused-ring (bicyclic) bond motifs is 1. The van der Waals surface area contributed by atoms with Crippen LogP contribution in [0.25, 0.3) is 10.9 Å². The molecule has 5 nitrogen and oxygen atoms in total. The first kappa shape index (κ1) is 12.2. The van der Waals surface area contributed by atoms with Crippen LogP contribution in [0.2, 0.25) is 0 Å². The van der Waals surface area contributed by atoms with Crippen LogP contribution in [0, 0.1) is 0 Å². The first-order chi connectivity index (χ1) is 8.58. The van der Waals surface area contributed by atoms with E-state index in [4.69, 9.17) is 0 Å². The Morgan fingerprint density at radius 3 is 2.94 bits per heavy atom. The van der Waals surface area contributed by atoms with E-state index >= 15 is 0 Å². The van der Waals surface area contributed by atoms with Crippen LogP contribution in [0.5, 0.6) is 5.75 Å². The number of rotatable bonds is 3. The monoisotopic (exact) mass is 246 g/mol. The van der Waals surface area contributed by atoms with Crippen LogP contribution in [0.3, 0.4) is 0 Å². The van der Waals surface area contributed by atoms with E-state index in [1.807, 2.05) is 6.07 Å². The maximum Gasteiger partial charge on any atom is 0.230 e. The zero-order valence-electron chi connectivity index (χ0n) is 9.99. The van der Waals surface area contributed by atoms with Gasteiger partial charge in [0.05, 0.1) is 0 Å². The molecule has 0 aliphatic rings. The lowest BCUT2D eigenvalue weighted by atomic mass is 10.1. The molecule has 0 bridgehead atoms. The van der Waals surface area contributed by atoms with Gasteiger partial charge in [0.2, 0.25) is 11.3 Å². The average Bonchev–Trinajstić information content (AvgIpc) is 2.34. The summed E-state index contributed by atoms with van der Waals surface area (Å²) in [5, 5.41) is 12.5. The zero-order valence-corrected chi connectivity index (χ0v) is 9.99. The second-order valence-electron chi connectivity index (χ2n) is 4.12. The molecule has 0 unspecified atom stereocenters. The standard InChI is InChI=1S/C13H14N2O3/c1-8(16)14-5-4-9-2-3-11-10(6-9)13(18)12(17)7-15-11/h2-3,6-7,17H,4-5H2,1H3,(H,14,16)(H,15,18). The van der Waals surface area contributed by atoms with Crippen molar-refractivity contribution < 1.29 is 9.90 Å². The molecule has 1 aromatic carbocycles. The summed E-state index contributed by atoms with van der Waals surface area (Å²) in [6.45, 7) is 1.99. The van der Waals surface area contributed by atoms with E-state index in [9.17, 15) is 14.7 Å². The molecule has 0 aliphatic carbocycles. The number of aromatic hydroxyl groups is 1. The highest BCUT2D eigenvalue weighted by atomic mass is 16.3. The third-order valence-electron chi connectivity index (χ3n) is 2.71. The minimum atomic E-state index is -0.384. The molecular weight excluding hydrogens is 232 g/mol. The Kier molecular flexibility index (Phi) is 3.32. The molecule has 2 aromatic rings. The van der Waals surface area contributed by atoms with Gasteiger partial charge in [-0.05, 0) is 24.1 Å². The molecule has 1 aromatic heterocycles. The van der Waals surface area contributed by atoms with Crippen LogP contribution in [0.1, 0.15) is 12.5 Å². The molecule has 0 saturated carbocycles. The van der Waals surface area contributed by atoms with Crippen LogP contribution >= 0.6 is 0 Å². The molecule has 0 atom stereocenters. The Bertz CT molecular complexity index is 646. The number of pyridine rings is 1. The molecular formula is C13H14N2O3. The van der Waals surface area contributed by atoms with Crippen molar-refractivity contribution in [2.24, 2.45) is 0 Å². The molecule has 2 rings (SSSR count). The number of hydrogen-bond acceptors (Lipinski definition) is 3. The highest BCUT2D eigenvalue weighted by Gasteiger charge is 2.04. The normalized spacial score (nSPS) is 10.5. The quantitative estimate of drug-likeness (QED) is 0.753. The van der Waals surface area contributed by atoms with E-state index < -0.39 is 0 Å². The van der Waals surface area contributed by atoms with E-state index in [1.54, 1.807) is 12.1 Å². The van der Waals surface area contributed by atoms with Crippen molar-refractivity contribution in [1.82, 2.24) is 10.3 Å². The van der Waals surface area contributed by atoms with Gasteiger partial charge < -0.3 is 15.4 Å². The van der Waals surface area contributed by atoms with Gasteiger partial charge in [0.1, 0.15) is 0 Å². The zero-order chi connectivity index (χ0) is 13.1. The summed E-state index contributed by atoms with van der Waals surface area (Å²) >= 11 is 0. The fourth-order valence-corrected chi connectivity index (χ4v) is 1.79. The summed E-state index contributed by atoms with van der Waals surface area (Å²) in [7, 11) is 0. The van der Waals surface area contributed by atoms with Gasteiger partial charge in [-0.3, -0.25) is 9.59 Å². The Hall–Kier alpha value is -2.30. The van der Waals surface area contributed by atoms with Crippen molar-refractivity contribution in [2.75, 3.05) is 6.54 Å². The van der Waals surface area contributed by atoms with E-state index in [2.05, 4.69) is 10.3 Å². The highest BCUT2D eigenvalue weighted by Crippen LogP contribution is 2.13. The van der Waals surface area contributed by atoms with Crippen molar-refractivity contribution in [3.05, 3.63) is 40.2 Å². The number of H-pyrrole nitrogens is 1. The number of hydrogen-bond donors (Lipinski definition) is 3. The van der Waals surface area contributed by atoms with Gasteiger partial charge in [-0.25, -0.2) is 0 Å². The number of nitrogens with one attached hydrogen (secondary N) is 2. The SMILES string of the molecule is CC(=O)NCCc1ccc2[nH]cc(O)c(=O)c2c1. The predicted octanol–water partition coefficient (Wildman–Crippen LogP) is 0.912. The van der Waals surface area contributed by atoms with E-state index in [-0.39, 0.29) is 17.1 Å². The van der Waals surface area contributed by atoms with Crippen LogP contribution in [0.15, 0.2) is 29.2 Å². The molecule has 94 valence electrons. The number of carbonyl (C=O) groups excluding carboxylic acids is 1. The molecule has 5 heteroatoms. The topological polar surface area (TPSA) is 82.2 Å². The number of aromatic amines is 1. The van der Waals surface area contributed by atoms with Gasteiger partial charge in [0.25, 0.3) is 0 Å². The number of aromatic nitrogens is 1. The molecule has 0 spiro atoms. The van der Waals surface area contributed by atoms with Gasteiger partial charge in [-0.2, -0.15) is 0 Å². The summed E-state index contributed by atoms with van der Waals surface area (Å²) in [6.07, 6.45) is 1.92. The summed E-state index contributed by atoms with van der Waals surface area (Å²) in [5.74, 6) is -0.368. The fraction of sp³-hybridized carbons (Fsp3) is 0.231. The third-order valence-corrected chi connectivity index (χ3v) is 2.71. The second kappa shape index (κ2) is 4.91. The van der Waals surface area contributed by atoms with Crippen molar-refractivity contribution >= 4 is 16.8 Å². The van der Waals surface area contributed by atoms with Crippen molar-refractivity contribution in [3.8, 4) is 5.75 Å². The minimum Gasteiger partial charge on any atom is -0.503 e. The van der Waals surface area contributed by atoms with E-state index in [1.165, 1.54) is 13.1 Å². The maximum absolute atomic E-state index is 11.7. The van der Waals surface area contributed by atoms with Gasteiger partial charge in [-0.15, -0.1) is 0 Å². The largest absolute Gasteiger partial charge is 0.503 e. The van der Waals surface area contributed by atoms with Crippen LogP contribution in [-0.2, 0) is 11.2 Å². The fourth-order valence-electron chi connectivity index (χ4n) is 1.79. The summed E-state index contributed by atoms with van der Waals surface area (Å²) < 4.78 is 0. The Morgan fingerprint density at radius 1 is 1.44 bits per heavy atom. The smallest absolute Gasteiger partial charge is 0.230 e. The summed E-state index contributed by atoms with van der Waals surface area (Å²) in [4.78, 5) is 25.3. The first-order valence-corrected chi connectivity index (χ1v) is 5.65. The predicted molar refractivity (Wildman–Crippen MR) is 68.6 cm³/mol. The molecule has 18 heavy (non-hydrogen) atoms. The minimum absolute atomic E-state index is 0.0775. The highest BCUT2D eigenvalue weighted by molar-refractivity contribution is 5.80. The molecule has 0 radical (unpaired) electrons. The van der Waals surface area contributed by atoms with Gasteiger partial charge in [0.15, 0.2) is 5.75 Å². The number of carbonyl (C=O) groups is 1. The van der Waals surface area contributed by atoms with Crippen LogP contribution in [0.4, 0.5) is 0 Å². The van der Waals surface area contributed by atoms with Crippen molar-refractivity contribution in [3.63, 3.8) is 0 Å². The molecule has 0 fully saturated rings. The maximum atomic E-state index is 11.7. The number of amides is 1. The lowest BCUT2D eigenvalue weighted by Crippen LogP contribution is -2.22. The van der Waals surface area contributed by atoms with E-state index in [0.717, 1.165) is 5.56 Å². The van der Waals surface area contributed by atoms with Crippen LogP contribution < -0.4 is 10.7 Å². The number of benzene rings is 1. The van der Waals surface area contributed by atoms with E-state index in [0.29, 0.717) is 23.9 Å². The summed E-state index contributed by atoms with van der Waals surface area (Å²) in [6, 6.07) is 5.41. The Morgan fingerprint density at radius 2 is 2.22 bits per heavy atom. The van der Waals surface area contributed by atoms with Gasteiger partial charge >= 0.3 is 0 Å². The average molecular weight is 246 g/mol. The molecule has 1 heterocycles. The second-order valence-corrected chi connectivity index (χ2v) is 4.12. The Balaban J connectivity index is 2.29. The van der Waals surface area contributed by atoms with Crippen molar-refractivity contribution in [1.29, 1.82) is 0 Å². The van der Waals surface area contributed by atoms with Crippen molar-refractivity contribution in [2.45, 2.75) is 13.3 Å². The van der Waals surface area contributed by atoms with Gasteiger partial charge in [0, 0.05) is 30.6 Å². The molecule has 3 N–H and O–H groups in total. The van der Waals surface area contributed by atoms with Crippen LogP contribution in [-0.4, -0.2) is 22.5 Å². The molecule has 0 saturated heterocycles. The lowest BCUT2D eigenvalue weighted by Gasteiger charge is -2.04. The lowest BCUT2D eigenvalue weighted by molar-refractivity contribution is -0.118. The third kappa shape index (κ3) is 2.51. The molecule has 1 amide bonds. The summed E-state index contributed by atoms with van der Waals surface area (Å²) in [5.41, 5.74) is 1.23.